The fraction of sp³-hybridized carbons (Fsp3) is 0.476. The van der Waals surface area contributed by atoms with Crippen LogP contribution in [0, 0.1) is 0 Å². The molecule has 0 amide bonds. The minimum atomic E-state index is -1.95. The number of fused-ring (bicyclic) bond motifs is 5. The highest BCUT2D eigenvalue weighted by Gasteiger charge is 2.50. The Balaban J connectivity index is 1.15. The van der Waals surface area contributed by atoms with Gasteiger partial charge in [-0.2, -0.15) is 4.98 Å². The van der Waals surface area contributed by atoms with E-state index in [2.05, 4.69) is 49.4 Å². The van der Waals surface area contributed by atoms with Crippen LogP contribution >= 0.6 is 39.7 Å². The first-order valence-corrected chi connectivity index (χ1v) is 17.4. The largest absolute Gasteiger partial charge is 0.387 e. The van der Waals surface area contributed by atoms with Crippen LogP contribution in [0.4, 0.5) is 11.8 Å². The number of anilines is 2. The highest BCUT2D eigenvalue weighted by atomic mass is 32.7. The smallest absolute Gasteiger partial charge is 0.280 e. The summed E-state index contributed by atoms with van der Waals surface area (Å²) in [4.78, 5) is 31.3. The van der Waals surface area contributed by atoms with E-state index in [4.69, 9.17) is 39.0 Å². The molecular weight excluding hydrogens is 648 g/mol. The second-order valence-corrected chi connectivity index (χ2v) is 13.7. The summed E-state index contributed by atoms with van der Waals surface area (Å²) in [6.45, 7) is -0.267. The van der Waals surface area contributed by atoms with Gasteiger partial charge in [-0.15, -0.1) is 0 Å². The van der Waals surface area contributed by atoms with E-state index >= 15 is 0 Å². The van der Waals surface area contributed by atoms with Gasteiger partial charge in [0.25, 0.3) is 5.56 Å². The second kappa shape index (κ2) is 11.6. The Morgan fingerprint density at radius 1 is 0.930 bits per heavy atom. The second-order valence-electron chi connectivity index (χ2n) is 9.81. The van der Waals surface area contributed by atoms with Crippen LogP contribution in [0.2, 0.25) is 0 Å². The van der Waals surface area contributed by atoms with E-state index in [1.807, 2.05) is 0 Å². The van der Waals surface area contributed by atoms with Crippen molar-refractivity contribution in [3.8, 4) is 0 Å². The molecule has 4 aromatic rings. The molecule has 0 aromatic carbocycles. The number of rotatable bonds is 2. The summed E-state index contributed by atoms with van der Waals surface area (Å²) < 4.78 is 39.2. The predicted molar refractivity (Wildman–Crippen MR) is 158 cm³/mol. The number of nitrogens with zero attached hydrogens (tertiary/aromatic N) is 6. The first-order valence-electron chi connectivity index (χ1n) is 12.7. The van der Waals surface area contributed by atoms with Gasteiger partial charge in [0.05, 0.1) is 24.9 Å². The SMILES string of the molecule is Nc1nc2c(ncn2C2OC3COP(S)OC4C(COP(S)OC2C3O)OC(n2ccc3c(N)ncnc32)C4O)c(=O)[nH]1. The van der Waals surface area contributed by atoms with Gasteiger partial charge in [0.15, 0.2) is 23.6 Å². The Morgan fingerprint density at radius 2 is 1.65 bits per heavy atom. The van der Waals surface area contributed by atoms with Gasteiger partial charge in [-0.1, -0.05) is 24.5 Å². The quantitative estimate of drug-likeness (QED) is 0.112. The van der Waals surface area contributed by atoms with Crippen LogP contribution in [0.3, 0.4) is 0 Å². The number of aromatic amines is 1. The molecule has 22 heteroatoms. The number of hydrogen-bond donors (Lipinski definition) is 7. The Labute approximate surface area is 254 Å². The van der Waals surface area contributed by atoms with E-state index in [1.54, 1.807) is 16.8 Å². The molecule has 10 atom stereocenters. The third-order valence-electron chi connectivity index (χ3n) is 7.28. The molecule has 4 aromatic heterocycles. The molecule has 230 valence electrons. The summed E-state index contributed by atoms with van der Waals surface area (Å²) in [5.41, 5.74) is 11.8. The van der Waals surface area contributed by atoms with Crippen molar-refractivity contribution >= 4 is 73.6 Å². The molecule has 7 rings (SSSR count). The maximum atomic E-state index is 12.3. The maximum Gasteiger partial charge on any atom is 0.280 e. The van der Waals surface area contributed by atoms with E-state index in [1.165, 1.54) is 17.2 Å². The standard InChI is InChI=1S/C21H25N9O9P2S2/c22-15-7-1-2-29(16(7)25-5-24-15)19-12(32)13-9(37-19)4-35-41(43)39-14-11(31)8(3-34-40(42)38-13)36-20(14)30-6-26-10-17(30)27-21(23)28-18(10)33/h1-2,5-6,8-9,11-14,19-20,31-32,42-43H,3-4H2,(H2,22,24,25)(H3,23,27,28,33). The number of nitrogens with two attached hydrogens (primary N) is 2. The number of aromatic nitrogens is 7. The molecule has 18 nitrogen and oxygen atoms in total. The van der Waals surface area contributed by atoms with Crippen LogP contribution in [0.5, 0.6) is 0 Å². The third kappa shape index (κ3) is 5.28. The molecule has 0 radical (unpaired) electrons. The third-order valence-corrected chi connectivity index (χ3v) is 10.1. The minimum absolute atomic E-state index is 0.0268. The van der Waals surface area contributed by atoms with Crippen LogP contribution in [-0.2, 0) is 27.6 Å². The zero-order valence-corrected chi connectivity index (χ0v) is 25.3. The zero-order chi connectivity index (χ0) is 30.0. The Hall–Kier alpha value is -2.19. The Bertz CT molecular complexity index is 1710. The van der Waals surface area contributed by atoms with Crippen molar-refractivity contribution in [1.29, 1.82) is 0 Å². The molecule has 7 heterocycles. The van der Waals surface area contributed by atoms with Gasteiger partial charge in [-0.3, -0.25) is 14.3 Å². The van der Waals surface area contributed by atoms with Crippen LogP contribution in [0.25, 0.3) is 22.2 Å². The molecule has 43 heavy (non-hydrogen) atoms. The summed E-state index contributed by atoms with van der Waals surface area (Å²) in [5.74, 6) is 0.168. The molecule has 3 aliphatic rings. The Morgan fingerprint density at radius 3 is 2.44 bits per heavy atom. The van der Waals surface area contributed by atoms with Crippen molar-refractivity contribution in [2.75, 3.05) is 24.7 Å². The number of imidazole rings is 1. The molecular formula is C21H25N9O9P2S2. The molecule has 7 N–H and O–H groups in total. The number of ether oxygens (including phenoxy) is 2. The zero-order valence-electron chi connectivity index (χ0n) is 21.7. The predicted octanol–water partition coefficient (Wildman–Crippen LogP) is 0.376. The van der Waals surface area contributed by atoms with E-state index in [-0.39, 0.29) is 36.1 Å². The monoisotopic (exact) mass is 673 g/mol. The van der Waals surface area contributed by atoms with Crippen molar-refractivity contribution in [2.45, 2.75) is 49.1 Å². The summed E-state index contributed by atoms with van der Waals surface area (Å²) in [6.07, 6.45) is -3.66. The number of thiol groups is 2. The van der Waals surface area contributed by atoms with Gasteiger partial charge in [-0.25, -0.2) is 15.0 Å². The van der Waals surface area contributed by atoms with Crippen molar-refractivity contribution in [3.05, 3.63) is 35.3 Å². The van der Waals surface area contributed by atoms with Gasteiger partial charge in [-0.05, 0) is 6.07 Å². The maximum absolute atomic E-state index is 12.3. The summed E-state index contributed by atoms with van der Waals surface area (Å²) in [7, 11) is -3.85. The average Bonchev–Trinajstić information content (AvgIpc) is 3.72. The van der Waals surface area contributed by atoms with Gasteiger partial charge < -0.3 is 53.8 Å². The number of nitrogen functional groups attached to an aromatic ring is 2. The highest BCUT2D eigenvalue weighted by Crippen LogP contribution is 2.53. The normalized spacial score (nSPS) is 35.4. The lowest BCUT2D eigenvalue weighted by Crippen LogP contribution is -2.35. The van der Waals surface area contributed by atoms with E-state index in [0.717, 1.165) is 0 Å². The molecule has 10 unspecified atom stereocenters. The molecule has 0 aliphatic carbocycles. The topological polar surface area (TPSA) is 242 Å². The number of nitrogens with one attached hydrogen (secondary N) is 1. The van der Waals surface area contributed by atoms with Gasteiger partial charge in [0.2, 0.25) is 21.1 Å². The summed E-state index contributed by atoms with van der Waals surface area (Å²) >= 11 is 8.93. The van der Waals surface area contributed by atoms with Gasteiger partial charge in [0, 0.05) is 6.20 Å². The fourth-order valence-electron chi connectivity index (χ4n) is 5.28. The van der Waals surface area contributed by atoms with Crippen molar-refractivity contribution in [3.63, 3.8) is 0 Å². The average molecular weight is 674 g/mol. The molecule has 0 spiro atoms. The first-order chi connectivity index (χ1) is 20.7. The first kappa shape index (κ1) is 29.5. The fourth-order valence-corrected chi connectivity index (χ4v) is 7.91. The highest BCUT2D eigenvalue weighted by molar-refractivity contribution is 8.42. The molecule has 2 bridgehead atoms. The Kier molecular flexibility index (Phi) is 7.98. The lowest BCUT2D eigenvalue weighted by atomic mass is 10.1. The van der Waals surface area contributed by atoms with E-state index in [9.17, 15) is 15.0 Å². The van der Waals surface area contributed by atoms with Crippen molar-refractivity contribution < 1.29 is 37.8 Å². The molecule has 3 aliphatic heterocycles. The van der Waals surface area contributed by atoms with Gasteiger partial charge >= 0.3 is 0 Å². The lowest BCUT2D eigenvalue weighted by molar-refractivity contribution is -0.0535. The summed E-state index contributed by atoms with van der Waals surface area (Å²) in [5, 5.41) is 23.1. The molecule has 3 fully saturated rings. The van der Waals surface area contributed by atoms with Crippen LogP contribution in [-0.4, -0.2) is 94.1 Å². The molecule has 3 saturated heterocycles. The van der Waals surface area contributed by atoms with Crippen LogP contribution in [0.1, 0.15) is 12.5 Å². The number of aliphatic hydroxyl groups excluding tert-OH is 2. The number of aliphatic hydroxyl groups is 2. The molecule has 0 saturated carbocycles. The van der Waals surface area contributed by atoms with Crippen molar-refractivity contribution in [2.24, 2.45) is 0 Å². The summed E-state index contributed by atoms with van der Waals surface area (Å²) in [6, 6.07) is 1.73. The minimum Gasteiger partial charge on any atom is -0.387 e. The van der Waals surface area contributed by atoms with Crippen LogP contribution in [0.15, 0.2) is 29.7 Å². The number of hydrogen-bond acceptors (Lipinski definition) is 17. The lowest BCUT2D eigenvalue weighted by Gasteiger charge is -2.26. The van der Waals surface area contributed by atoms with Crippen molar-refractivity contribution in [1.82, 2.24) is 34.1 Å². The van der Waals surface area contributed by atoms with Gasteiger partial charge in [0.1, 0.15) is 54.4 Å². The van der Waals surface area contributed by atoms with Crippen LogP contribution < -0.4 is 17.0 Å². The number of H-pyrrole nitrogens is 1. The van der Waals surface area contributed by atoms with E-state index in [0.29, 0.717) is 11.0 Å². The van der Waals surface area contributed by atoms with E-state index < -0.39 is 69.8 Å².